The summed E-state index contributed by atoms with van der Waals surface area (Å²) in [6, 6.07) is 7.43. The zero-order valence-electron chi connectivity index (χ0n) is 7.19. The van der Waals surface area contributed by atoms with E-state index >= 15 is 0 Å². The zero-order valence-corrected chi connectivity index (χ0v) is 7.19. The lowest BCUT2D eigenvalue weighted by Crippen LogP contribution is -1.88. The molecule has 0 amide bonds. The van der Waals surface area contributed by atoms with Crippen molar-refractivity contribution < 1.29 is 9.84 Å². The molecule has 0 saturated heterocycles. The van der Waals surface area contributed by atoms with E-state index < -0.39 is 0 Å². The number of pyridine rings is 1. The minimum absolute atomic E-state index is 0.177. The van der Waals surface area contributed by atoms with Crippen LogP contribution in [0.1, 0.15) is 0 Å². The molecule has 0 atom stereocenters. The molecule has 0 fully saturated rings. The summed E-state index contributed by atoms with van der Waals surface area (Å²) in [4.78, 5) is 3.95. The molecular formula is C10H9NO2. The van der Waals surface area contributed by atoms with Gasteiger partial charge in [0.15, 0.2) is 0 Å². The number of aromatic hydroxyl groups is 1. The Kier molecular flexibility index (Phi) is 1.77. The summed E-state index contributed by atoms with van der Waals surface area (Å²) in [6.45, 7) is 0. The number of hydrogen-bond acceptors (Lipinski definition) is 3. The number of benzene rings is 1. The van der Waals surface area contributed by atoms with E-state index in [0.717, 1.165) is 10.8 Å². The van der Waals surface area contributed by atoms with Gasteiger partial charge in [-0.3, -0.25) is 0 Å². The van der Waals surface area contributed by atoms with Crippen LogP contribution in [0.4, 0.5) is 0 Å². The van der Waals surface area contributed by atoms with Crippen LogP contribution >= 0.6 is 0 Å². The molecule has 1 aromatic heterocycles. The van der Waals surface area contributed by atoms with Gasteiger partial charge < -0.3 is 9.84 Å². The summed E-state index contributed by atoms with van der Waals surface area (Å²) in [5.74, 6) is 0.713. The van der Waals surface area contributed by atoms with Gasteiger partial charge in [-0.1, -0.05) is 18.2 Å². The Morgan fingerprint density at radius 3 is 2.62 bits per heavy atom. The molecule has 1 heterocycles. The number of ether oxygens (including phenoxy) is 1. The minimum Gasteiger partial charge on any atom is -0.506 e. The van der Waals surface area contributed by atoms with Gasteiger partial charge >= 0.3 is 0 Å². The van der Waals surface area contributed by atoms with E-state index in [9.17, 15) is 5.11 Å². The second-order valence-electron chi connectivity index (χ2n) is 2.70. The van der Waals surface area contributed by atoms with Crippen LogP contribution in [0.15, 0.2) is 30.5 Å². The molecule has 13 heavy (non-hydrogen) atoms. The first kappa shape index (κ1) is 7.86. The highest BCUT2D eigenvalue weighted by molar-refractivity contribution is 5.91. The molecule has 1 N–H and O–H groups in total. The first-order valence-electron chi connectivity index (χ1n) is 3.93. The van der Waals surface area contributed by atoms with Crippen LogP contribution in [0.3, 0.4) is 0 Å². The molecule has 0 aliphatic rings. The third kappa shape index (κ3) is 1.18. The zero-order chi connectivity index (χ0) is 9.26. The third-order valence-corrected chi connectivity index (χ3v) is 1.93. The third-order valence-electron chi connectivity index (χ3n) is 1.93. The van der Waals surface area contributed by atoms with E-state index in [4.69, 9.17) is 4.74 Å². The molecule has 0 spiro atoms. The Morgan fingerprint density at radius 1 is 1.23 bits per heavy atom. The van der Waals surface area contributed by atoms with E-state index in [1.807, 2.05) is 24.3 Å². The molecule has 3 heteroatoms. The molecule has 2 aromatic rings. The van der Waals surface area contributed by atoms with E-state index in [1.54, 1.807) is 7.11 Å². The maximum atomic E-state index is 9.47. The van der Waals surface area contributed by atoms with Crippen molar-refractivity contribution in [2.75, 3.05) is 7.11 Å². The van der Waals surface area contributed by atoms with Crippen LogP contribution < -0.4 is 4.74 Å². The van der Waals surface area contributed by atoms with E-state index in [0.29, 0.717) is 5.88 Å². The van der Waals surface area contributed by atoms with Crippen molar-refractivity contribution >= 4 is 10.8 Å². The molecule has 3 nitrogen and oxygen atoms in total. The smallest absolute Gasteiger partial charge is 0.221 e. The van der Waals surface area contributed by atoms with E-state index in [-0.39, 0.29) is 5.75 Å². The molecule has 0 aliphatic carbocycles. The van der Waals surface area contributed by atoms with Gasteiger partial charge in [0.2, 0.25) is 5.88 Å². The largest absolute Gasteiger partial charge is 0.506 e. The quantitative estimate of drug-likeness (QED) is 0.720. The normalized spacial score (nSPS) is 10.2. The van der Waals surface area contributed by atoms with Crippen LogP contribution in [0.25, 0.3) is 10.8 Å². The lowest BCUT2D eigenvalue weighted by Gasteiger charge is -2.04. The van der Waals surface area contributed by atoms with E-state index in [1.165, 1.54) is 6.20 Å². The Labute approximate surface area is 75.6 Å². The average Bonchev–Trinajstić information content (AvgIpc) is 2.19. The first-order chi connectivity index (χ1) is 6.33. The monoisotopic (exact) mass is 175 g/mol. The number of hydrogen-bond donors (Lipinski definition) is 1. The van der Waals surface area contributed by atoms with Gasteiger partial charge in [0.25, 0.3) is 0 Å². The van der Waals surface area contributed by atoms with Crippen LogP contribution in [0, 0.1) is 0 Å². The highest BCUT2D eigenvalue weighted by atomic mass is 16.5. The van der Waals surface area contributed by atoms with Gasteiger partial charge in [-0.2, -0.15) is 0 Å². The summed E-state index contributed by atoms with van der Waals surface area (Å²) >= 11 is 0. The minimum atomic E-state index is 0.177. The molecule has 0 radical (unpaired) electrons. The van der Waals surface area contributed by atoms with Crippen molar-refractivity contribution in [1.82, 2.24) is 4.98 Å². The highest BCUT2D eigenvalue weighted by Crippen LogP contribution is 2.29. The van der Waals surface area contributed by atoms with Crippen molar-refractivity contribution in [1.29, 1.82) is 0 Å². The Hall–Kier alpha value is -1.77. The molecule has 0 bridgehead atoms. The highest BCUT2D eigenvalue weighted by Gasteiger charge is 2.04. The van der Waals surface area contributed by atoms with Crippen molar-refractivity contribution in [3.8, 4) is 11.6 Å². The predicted molar refractivity (Wildman–Crippen MR) is 50.0 cm³/mol. The van der Waals surface area contributed by atoms with Gasteiger partial charge in [-0.15, -0.1) is 0 Å². The molecule has 0 saturated carbocycles. The van der Waals surface area contributed by atoms with Crippen molar-refractivity contribution in [2.24, 2.45) is 0 Å². The molecule has 2 rings (SSSR count). The second-order valence-corrected chi connectivity index (χ2v) is 2.70. The summed E-state index contributed by atoms with van der Waals surface area (Å²) in [5.41, 5.74) is 0. The number of fused-ring (bicyclic) bond motifs is 1. The summed E-state index contributed by atoms with van der Waals surface area (Å²) < 4.78 is 5.06. The molecule has 0 aliphatic heterocycles. The SMILES string of the molecule is COc1ncc(O)c2ccccc12. The van der Waals surface area contributed by atoms with E-state index in [2.05, 4.69) is 4.98 Å². The van der Waals surface area contributed by atoms with Crippen molar-refractivity contribution in [3.63, 3.8) is 0 Å². The number of methoxy groups -OCH3 is 1. The Bertz CT molecular complexity index is 440. The summed E-state index contributed by atoms with van der Waals surface area (Å²) in [6.07, 6.45) is 1.39. The molecule has 1 aromatic carbocycles. The number of rotatable bonds is 1. The Balaban J connectivity index is 2.84. The maximum absolute atomic E-state index is 9.47. The topological polar surface area (TPSA) is 42.4 Å². The lowest BCUT2D eigenvalue weighted by atomic mass is 10.1. The van der Waals surface area contributed by atoms with Crippen molar-refractivity contribution in [2.45, 2.75) is 0 Å². The van der Waals surface area contributed by atoms with Gasteiger partial charge in [0.1, 0.15) is 5.75 Å². The van der Waals surface area contributed by atoms with Gasteiger partial charge in [-0.05, 0) is 6.07 Å². The number of nitrogens with zero attached hydrogens (tertiary/aromatic N) is 1. The van der Waals surface area contributed by atoms with Crippen LogP contribution in [-0.4, -0.2) is 17.2 Å². The fourth-order valence-electron chi connectivity index (χ4n) is 1.31. The van der Waals surface area contributed by atoms with Crippen LogP contribution in [-0.2, 0) is 0 Å². The Morgan fingerprint density at radius 2 is 1.92 bits per heavy atom. The second kappa shape index (κ2) is 2.94. The summed E-state index contributed by atoms with van der Waals surface area (Å²) in [5, 5.41) is 11.1. The summed E-state index contributed by atoms with van der Waals surface area (Å²) in [7, 11) is 1.56. The van der Waals surface area contributed by atoms with Crippen LogP contribution in [0.2, 0.25) is 0 Å². The predicted octanol–water partition coefficient (Wildman–Crippen LogP) is 1.95. The van der Waals surface area contributed by atoms with Crippen molar-refractivity contribution in [3.05, 3.63) is 30.5 Å². The van der Waals surface area contributed by atoms with Gasteiger partial charge in [-0.25, -0.2) is 4.98 Å². The van der Waals surface area contributed by atoms with Gasteiger partial charge in [0, 0.05) is 10.8 Å². The maximum Gasteiger partial charge on any atom is 0.221 e. The standard InChI is InChI=1S/C10H9NO2/c1-13-10-8-5-3-2-4-7(8)9(12)6-11-10/h2-6,12H,1H3. The molecule has 0 unspecified atom stereocenters. The van der Waals surface area contributed by atoms with Gasteiger partial charge in [0.05, 0.1) is 13.3 Å². The molecular weight excluding hydrogens is 166 g/mol. The number of aromatic nitrogens is 1. The fraction of sp³-hybridized carbons (Fsp3) is 0.100. The van der Waals surface area contributed by atoms with Crippen LogP contribution in [0.5, 0.6) is 11.6 Å². The first-order valence-corrected chi connectivity index (χ1v) is 3.93. The average molecular weight is 175 g/mol. The molecule has 66 valence electrons. The fourth-order valence-corrected chi connectivity index (χ4v) is 1.31. The lowest BCUT2D eigenvalue weighted by molar-refractivity contribution is 0.400.